The van der Waals surface area contributed by atoms with Gasteiger partial charge in [-0.2, -0.15) is 0 Å². The highest BCUT2D eigenvalue weighted by molar-refractivity contribution is 5.95. The Bertz CT molecular complexity index is 1080. The number of nitrogens with zero attached hydrogens (tertiary/aromatic N) is 2. The number of rotatable bonds is 3. The second kappa shape index (κ2) is 6.23. The van der Waals surface area contributed by atoms with Gasteiger partial charge < -0.3 is 9.47 Å². The zero-order valence-electron chi connectivity index (χ0n) is 15.6. The molecule has 0 unspecified atom stereocenters. The largest absolute Gasteiger partial charge is 0.436 e. The number of esters is 1. The summed E-state index contributed by atoms with van der Waals surface area (Å²) in [5.74, 6) is -1.24. The minimum Gasteiger partial charge on any atom is -0.436 e. The third-order valence-corrected chi connectivity index (χ3v) is 4.52. The van der Waals surface area contributed by atoms with Crippen molar-refractivity contribution in [3.8, 4) is 22.8 Å². The van der Waals surface area contributed by atoms with Crippen LogP contribution in [0.15, 0.2) is 54.6 Å². The van der Waals surface area contributed by atoms with Crippen LogP contribution in [0.25, 0.3) is 16.9 Å². The molecule has 1 aromatic heterocycles. The number of benzene rings is 2. The van der Waals surface area contributed by atoms with Crippen molar-refractivity contribution >= 4 is 11.7 Å². The van der Waals surface area contributed by atoms with Gasteiger partial charge in [0.15, 0.2) is 0 Å². The number of aryl methyl sites for hydroxylation is 1. The van der Waals surface area contributed by atoms with Crippen LogP contribution in [0, 0.1) is 17.0 Å². The summed E-state index contributed by atoms with van der Waals surface area (Å²) in [6, 6.07) is 15.7. The van der Waals surface area contributed by atoms with Crippen LogP contribution < -0.4 is 4.74 Å². The van der Waals surface area contributed by atoms with E-state index in [1.807, 2.05) is 31.2 Å². The molecule has 0 fully saturated rings. The maximum absolute atomic E-state index is 12.5. The predicted molar refractivity (Wildman–Crippen MR) is 103 cm³/mol. The normalized spacial score (nSPS) is 14.8. The van der Waals surface area contributed by atoms with Gasteiger partial charge >= 0.3 is 5.97 Å². The summed E-state index contributed by atoms with van der Waals surface area (Å²) in [7, 11) is 0. The van der Waals surface area contributed by atoms with Gasteiger partial charge in [0.1, 0.15) is 5.56 Å². The van der Waals surface area contributed by atoms with Crippen molar-refractivity contribution in [1.82, 2.24) is 4.57 Å². The molecule has 0 spiro atoms. The van der Waals surface area contributed by atoms with Gasteiger partial charge in [-0.25, -0.2) is 4.79 Å². The Morgan fingerprint density at radius 1 is 1.00 bits per heavy atom. The number of non-ortho nitro benzene ring substituents is 1. The minimum atomic E-state index is -1.12. The van der Waals surface area contributed by atoms with Crippen LogP contribution in [0.2, 0.25) is 0 Å². The molecule has 4 rings (SSSR count). The van der Waals surface area contributed by atoms with E-state index in [0.717, 1.165) is 16.8 Å². The first-order valence-electron chi connectivity index (χ1n) is 8.75. The number of nitro groups is 1. The molecule has 142 valence electrons. The minimum absolute atomic E-state index is 0.0117. The third kappa shape index (κ3) is 3.00. The average molecular weight is 378 g/mol. The van der Waals surface area contributed by atoms with E-state index >= 15 is 0 Å². The maximum atomic E-state index is 12.5. The van der Waals surface area contributed by atoms with E-state index in [0.29, 0.717) is 17.1 Å². The summed E-state index contributed by atoms with van der Waals surface area (Å²) in [4.78, 5) is 23.1. The molecule has 3 aromatic rings. The van der Waals surface area contributed by atoms with Gasteiger partial charge in [-0.3, -0.25) is 14.7 Å². The summed E-state index contributed by atoms with van der Waals surface area (Å²) in [5.41, 5.74) is 3.67. The van der Waals surface area contributed by atoms with Gasteiger partial charge in [0.25, 0.3) is 11.5 Å². The molecule has 1 aliphatic heterocycles. The smallest absolute Gasteiger partial charge is 0.346 e. The first kappa shape index (κ1) is 17.8. The SMILES string of the molecule is Cc1ccc(-c2cc3c(n2-c2ccc([N+](=O)[O-])cc2)OC(C)(C)OC3=O)cc1. The molecular weight excluding hydrogens is 360 g/mol. The molecule has 0 N–H and O–H groups in total. The first-order valence-corrected chi connectivity index (χ1v) is 8.75. The average Bonchev–Trinajstić information content (AvgIpc) is 3.00. The number of carbonyl (C=O) groups excluding carboxylic acids is 1. The fourth-order valence-corrected chi connectivity index (χ4v) is 3.19. The lowest BCUT2D eigenvalue weighted by Gasteiger charge is -2.31. The molecule has 0 atom stereocenters. The van der Waals surface area contributed by atoms with Gasteiger partial charge in [-0.05, 0) is 30.7 Å². The fraction of sp³-hybridized carbons (Fsp3) is 0.190. The van der Waals surface area contributed by atoms with E-state index in [-0.39, 0.29) is 5.69 Å². The predicted octanol–water partition coefficient (Wildman–Crippen LogP) is 4.65. The van der Waals surface area contributed by atoms with Crippen molar-refractivity contribution in [3.63, 3.8) is 0 Å². The molecule has 7 heteroatoms. The molecule has 0 radical (unpaired) electrons. The van der Waals surface area contributed by atoms with Gasteiger partial charge in [0.2, 0.25) is 5.88 Å². The lowest BCUT2D eigenvalue weighted by atomic mass is 10.1. The van der Waals surface area contributed by atoms with Crippen molar-refractivity contribution in [2.45, 2.75) is 26.6 Å². The molecule has 0 amide bonds. The van der Waals surface area contributed by atoms with E-state index in [4.69, 9.17) is 9.47 Å². The molecule has 0 saturated carbocycles. The Balaban J connectivity index is 1.95. The molecule has 7 nitrogen and oxygen atoms in total. The Morgan fingerprint density at radius 3 is 2.25 bits per heavy atom. The second-order valence-electron chi connectivity index (χ2n) is 7.11. The molecular formula is C21H18N2O5. The van der Waals surface area contributed by atoms with E-state index in [1.54, 1.807) is 36.6 Å². The van der Waals surface area contributed by atoms with E-state index in [9.17, 15) is 14.9 Å². The third-order valence-electron chi connectivity index (χ3n) is 4.52. The van der Waals surface area contributed by atoms with Crippen LogP contribution in [0.4, 0.5) is 5.69 Å². The molecule has 0 bridgehead atoms. The molecule has 2 heterocycles. The molecule has 28 heavy (non-hydrogen) atoms. The van der Waals surface area contributed by atoms with Crippen LogP contribution >= 0.6 is 0 Å². The van der Waals surface area contributed by atoms with Gasteiger partial charge in [-0.15, -0.1) is 0 Å². The molecule has 0 saturated heterocycles. The summed E-state index contributed by atoms with van der Waals surface area (Å²) in [6.07, 6.45) is 0. The fourth-order valence-electron chi connectivity index (χ4n) is 3.19. The zero-order chi connectivity index (χ0) is 20.1. The van der Waals surface area contributed by atoms with Crippen LogP contribution in [-0.2, 0) is 4.74 Å². The molecule has 1 aliphatic rings. The number of nitro benzene ring substituents is 1. The van der Waals surface area contributed by atoms with Crippen LogP contribution in [0.1, 0.15) is 29.8 Å². The summed E-state index contributed by atoms with van der Waals surface area (Å²) in [6.45, 7) is 5.31. The number of hydrogen-bond donors (Lipinski definition) is 0. The highest BCUT2D eigenvalue weighted by Gasteiger charge is 2.38. The van der Waals surface area contributed by atoms with Crippen molar-refractivity contribution < 1.29 is 19.2 Å². The number of cyclic esters (lactones) is 1. The highest BCUT2D eigenvalue weighted by atomic mass is 16.7. The van der Waals surface area contributed by atoms with E-state index in [2.05, 4.69) is 0 Å². The number of ether oxygens (including phenoxy) is 2. The van der Waals surface area contributed by atoms with Crippen molar-refractivity contribution in [3.05, 3.63) is 75.8 Å². The van der Waals surface area contributed by atoms with Crippen LogP contribution in [0.5, 0.6) is 5.88 Å². The Labute approximate surface area is 161 Å². The van der Waals surface area contributed by atoms with E-state index < -0.39 is 16.7 Å². The molecule has 0 aliphatic carbocycles. The van der Waals surface area contributed by atoms with Gasteiger partial charge in [0.05, 0.1) is 10.6 Å². The lowest BCUT2D eigenvalue weighted by Crippen LogP contribution is -2.39. The number of fused-ring (bicyclic) bond motifs is 1. The van der Waals surface area contributed by atoms with Crippen LogP contribution in [0.3, 0.4) is 0 Å². The topological polar surface area (TPSA) is 83.6 Å². The Hall–Kier alpha value is -3.61. The van der Waals surface area contributed by atoms with Crippen LogP contribution in [-0.4, -0.2) is 21.2 Å². The van der Waals surface area contributed by atoms with Crippen molar-refractivity contribution in [2.75, 3.05) is 0 Å². The standard InChI is InChI=1S/C21H18N2O5/c1-13-4-6-14(7-5-13)18-12-17-19(27-21(2,3)28-20(17)24)22(18)15-8-10-16(11-9-15)23(25)26/h4-12H,1-3H3. The maximum Gasteiger partial charge on any atom is 0.346 e. The summed E-state index contributed by atoms with van der Waals surface area (Å²) in [5, 5.41) is 11.0. The van der Waals surface area contributed by atoms with Gasteiger partial charge in [0, 0.05) is 31.7 Å². The lowest BCUT2D eigenvalue weighted by molar-refractivity contribution is -0.384. The Morgan fingerprint density at radius 2 is 1.64 bits per heavy atom. The summed E-state index contributed by atoms with van der Waals surface area (Å²) >= 11 is 0. The zero-order valence-corrected chi connectivity index (χ0v) is 15.6. The van der Waals surface area contributed by atoms with Crippen molar-refractivity contribution in [1.29, 1.82) is 0 Å². The monoisotopic (exact) mass is 378 g/mol. The second-order valence-corrected chi connectivity index (χ2v) is 7.11. The van der Waals surface area contributed by atoms with E-state index in [1.165, 1.54) is 12.1 Å². The number of hydrogen-bond acceptors (Lipinski definition) is 5. The number of aromatic nitrogens is 1. The van der Waals surface area contributed by atoms with Crippen molar-refractivity contribution in [2.24, 2.45) is 0 Å². The quantitative estimate of drug-likeness (QED) is 0.376. The molecule has 2 aromatic carbocycles. The highest BCUT2D eigenvalue weighted by Crippen LogP contribution is 2.40. The summed E-state index contributed by atoms with van der Waals surface area (Å²) < 4.78 is 13.1. The van der Waals surface area contributed by atoms with Gasteiger partial charge in [-0.1, -0.05) is 29.8 Å². The Kier molecular flexibility index (Phi) is 3.96. The first-order chi connectivity index (χ1) is 13.2. The number of carbonyl (C=O) groups is 1.